The van der Waals surface area contributed by atoms with Crippen molar-refractivity contribution in [2.24, 2.45) is 11.5 Å². The number of rotatable bonds is 2. The largest absolute Gasteiger partial charge is 0.317 e. The Kier molecular flexibility index (Phi) is 3.79. The van der Waals surface area contributed by atoms with Gasteiger partial charge in [-0.25, -0.2) is 5.32 Å². The Labute approximate surface area is 31.3 Å². The van der Waals surface area contributed by atoms with Crippen molar-refractivity contribution in [2.75, 3.05) is 13.3 Å². The molecule has 0 atom stereocenters. The van der Waals surface area contributed by atoms with Crippen LogP contribution in [0.2, 0.25) is 0 Å². The van der Waals surface area contributed by atoms with Gasteiger partial charge in [0.25, 0.3) is 0 Å². The van der Waals surface area contributed by atoms with Crippen molar-refractivity contribution < 1.29 is 0 Å². The zero-order valence-electron chi connectivity index (χ0n) is 3.02. The second kappa shape index (κ2) is 3.88. The lowest BCUT2D eigenvalue weighted by molar-refractivity contribution is 0.708. The van der Waals surface area contributed by atoms with Gasteiger partial charge in [-0.05, 0) is 0 Å². The van der Waals surface area contributed by atoms with Gasteiger partial charge in [-0.15, -0.1) is 0 Å². The summed E-state index contributed by atoms with van der Waals surface area (Å²) in [6, 6.07) is 0. The first-order chi connectivity index (χ1) is 2.41. The molecule has 0 aromatic heterocycles. The Balaban J connectivity index is 2.19. The highest BCUT2D eigenvalue weighted by Crippen LogP contribution is 1.33. The van der Waals surface area contributed by atoms with Crippen molar-refractivity contribution in [3.05, 3.63) is 0 Å². The van der Waals surface area contributed by atoms with Crippen LogP contribution < -0.4 is 16.8 Å². The molecular weight excluding hydrogens is 66.0 g/mol. The predicted octanol–water partition coefficient (Wildman–Crippen LogP) is -1.58. The summed E-state index contributed by atoms with van der Waals surface area (Å²) in [6.07, 6.45) is 0. The zero-order valence-corrected chi connectivity index (χ0v) is 3.02. The zero-order chi connectivity index (χ0) is 4.12. The molecule has 3 heteroatoms. The average Bonchev–Trinajstić information content (AvgIpc) is 1.41. The summed E-state index contributed by atoms with van der Waals surface area (Å²) in [5, 5.41) is 3.53. The van der Waals surface area contributed by atoms with Crippen LogP contribution in [0.4, 0.5) is 0 Å². The maximum absolute atomic E-state index is 4.89. The first kappa shape index (κ1) is 4.88. The molecule has 0 aliphatic carbocycles. The molecule has 3 nitrogen and oxygen atoms in total. The summed E-state index contributed by atoms with van der Waals surface area (Å²) in [5.74, 6) is 0. The Bertz CT molecular complexity index is 12.4. The van der Waals surface area contributed by atoms with Crippen LogP contribution in [0.25, 0.3) is 0 Å². The van der Waals surface area contributed by atoms with Gasteiger partial charge in [0.05, 0.1) is 13.3 Å². The molecule has 0 bridgehead atoms. The van der Waals surface area contributed by atoms with Gasteiger partial charge in [-0.1, -0.05) is 0 Å². The van der Waals surface area contributed by atoms with E-state index in [9.17, 15) is 0 Å². The van der Waals surface area contributed by atoms with Gasteiger partial charge in [0.15, 0.2) is 0 Å². The number of nitrogens with zero attached hydrogens (tertiary/aromatic N) is 1. The molecule has 0 aliphatic heterocycles. The minimum absolute atomic E-state index is 0.344. The van der Waals surface area contributed by atoms with Gasteiger partial charge >= 0.3 is 0 Å². The predicted molar refractivity (Wildman–Crippen MR) is 20.2 cm³/mol. The molecular formula is C2H8N3. The van der Waals surface area contributed by atoms with Crippen LogP contribution in [0.3, 0.4) is 0 Å². The molecule has 4 N–H and O–H groups in total. The fourth-order valence-corrected chi connectivity index (χ4v) is 0.0745. The van der Waals surface area contributed by atoms with Crippen LogP contribution in [-0.2, 0) is 0 Å². The second-order valence-electron chi connectivity index (χ2n) is 0.589. The van der Waals surface area contributed by atoms with Crippen LogP contribution in [0.5, 0.6) is 0 Å². The molecule has 1 radical (unpaired) electrons. The Morgan fingerprint density at radius 1 is 1.20 bits per heavy atom. The van der Waals surface area contributed by atoms with E-state index in [0.29, 0.717) is 13.3 Å². The molecule has 0 amide bonds. The van der Waals surface area contributed by atoms with Crippen LogP contribution in [0, 0.1) is 0 Å². The third-order valence-electron chi connectivity index (χ3n) is 0.258. The molecule has 31 valence electrons. The number of hydrogen-bond donors (Lipinski definition) is 2. The highest BCUT2D eigenvalue weighted by molar-refractivity contribution is 4.22. The monoisotopic (exact) mass is 74.1 g/mol. The normalized spacial score (nSPS) is 8.40. The lowest BCUT2D eigenvalue weighted by Gasteiger charge is -1.83. The van der Waals surface area contributed by atoms with Crippen LogP contribution in [0.15, 0.2) is 0 Å². The molecule has 0 unspecified atom stereocenters. The molecule has 0 aliphatic rings. The fraction of sp³-hybridized carbons (Fsp3) is 1.00. The van der Waals surface area contributed by atoms with E-state index in [-0.39, 0.29) is 0 Å². The van der Waals surface area contributed by atoms with Gasteiger partial charge in [-0.2, -0.15) is 0 Å². The minimum Gasteiger partial charge on any atom is -0.317 e. The van der Waals surface area contributed by atoms with Crippen LogP contribution in [-0.4, -0.2) is 13.3 Å². The van der Waals surface area contributed by atoms with Crippen LogP contribution in [0.1, 0.15) is 0 Å². The molecule has 5 heavy (non-hydrogen) atoms. The maximum atomic E-state index is 4.89. The van der Waals surface area contributed by atoms with Crippen molar-refractivity contribution in [2.45, 2.75) is 0 Å². The molecule has 0 aromatic carbocycles. The smallest absolute Gasteiger partial charge is 0.0613 e. The maximum Gasteiger partial charge on any atom is 0.0613 e. The molecule has 0 spiro atoms. The lowest BCUT2D eigenvalue weighted by atomic mass is 11.0. The van der Waals surface area contributed by atoms with E-state index in [1.54, 1.807) is 0 Å². The van der Waals surface area contributed by atoms with E-state index in [0.717, 1.165) is 0 Å². The lowest BCUT2D eigenvalue weighted by Crippen LogP contribution is -2.20. The molecule has 0 saturated heterocycles. The third-order valence-corrected chi connectivity index (χ3v) is 0.258. The fourth-order valence-electron chi connectivity index (χ4n) is 0.0745. The molecule has 0 fully saturated rings. The summed E-state index contributed by atoms with van der Waals surface area (Å²) >= 11 is 0. The van der Waals surface area contributed by atoms with E-state index in [2.05, 4.69) is 5.32 Å². The van der Waals surface area contributed by atoms with E-state index < -0.39 is 0 Å². The van der Waals surface area contributed by atoms with Crippen molar-refractivity contribution in [3.63, 3.8) is 0 Å². The van der Waals surface area contributed by atoms with Gasteiger partial charge < -0.3 is 11.5 Å². The van der Waals surface area contributed by atoms with Crippen molar-refractivity contribution >= 4 is 0 Å². The van der Waals surface area contributed by atoms with Gasteiger partial charge in [-0.3, -0.25) is 0 Å². The third kappa shape index (κ3) is 3.88. The van der Waals surface area contributed by atoms with Gasteiger partial charge in [0.2, 0.25) is 0 Å². The summed E-state index contributed by atoms with van der Waals surface area (Å²) in [6.45, 7) is 0.688. The number of hydrogen-bond acceptors (Lipinski definition) is 2. The van der Waals surface area contributed by atoms with Crippen molar-refractivity contribution in [1.82, 2.24) is 5.32 Å². The summed E-state index contributed by atoms with van der Waals surface area (Å²) < 4.78 is 0. The summed E-state index contributed by atoms with van der Waals surface area (Å²) in [7, 11) is 0. The summed E-state index contributed by atoms with van der Waals surface area (Å²) in [5.41, 5.74) is 9.78. The molecule has 0 heterocycles. The van der Waals surface area contributed by atoms with Crippen molar-refractivity contribution in [3.8, 4) is 0 Å². The van der Waals surface area contributed by atoms with E-state index in [4.69, 9.17) is 11.5 Å². The first-order valence-electron chi connectivity index (χ1n) is 1.45. The van der Waals surface area contributed by atoms with E-state index in [1.807, 2.05) is 0 Å². The van der Waals surface area contributed by atoms with Gasteiger partial charge in [0.1, 0.15) is 0 Å². The molecule has 0 saturated carbocycles. The Morgan fingerprint density at radius 2 is 1.60 bits per heavy atom. The first-order valence-corrected chi connectivity index (χ1v) is 1.45. The van der Waals surface area contributed by atoms with Gasteiger partial charge in [0, 0.05) is 0 Å². The van der Waals surface area contributed by atoms with Crippen molar-refractivity contribution in [1.29, 1.82) is 0 Å². The standard InChI is InChI=1S/C2H8N3/c3-1-5-2-4/h1-4H2. The van der Waals surface area contributed by atoms with Crippen LogP contribution >= 0.6 is 0 Å². The summed E-state index contributed by atoms with van der Waals surface area (Å²) in [4.78, 5) is 0. The Hall–Kier alpha value is -0.120. The molecule has 0 rings (SSSR count). The Morgan fingerprint density at radius 3 is 1.60 bits per heavy atom. The topological polar surface area (TPSA) is 66.1 Å². The molecule has 0 aromatic rings. The SMILES string of the molecule is NC[N]CN. The van der Waals surface area contributed by atoms with E-state index in [1.165, 1.54) is 0 Å². The minimum atomic E-state index is 0.344. The highest BCUT2D eigenvalue weighted by atomic mass is 15.0. The second-order valence-corrected chi connectivity index (χ2v) is 0.589. The quantitative estimate of drug-likeness (QED) is 0.415. The number of nitrogens with two attached hydrogens (primary N) is 2. The average molecular weight is 74.1 g/mol. The van der Waals surface area contributed by atoms with E-state index >= 15 is 0 Å². The highest BCUT2D eigenvalue weighted by Gasteiger charge is 1.65.